The van der Waals surface area contributed by atoms with Crippen LogP contribution < -0.4 is 14.4 Å². The van der Waals surface area contributed by atoms with Crippen molar-refractivity contribution in [3.63, 3.8) is 0 Å². The van der Waals surface area contributed by atoms with Crippen LogP contribution in [-0.2, 0) is 14.6 Å². The molecule has 1 amide bonds. The maximum absolute atomic E-state index is 12.7. The van der Waals surface area contributed by atoms with Crippen LogP contribution in [0.3, 0.4) is 0 Å². The van der Waals surface area contributed by atoms with Crippen molar-refractivity contribution in [1.29, 1.82) is 0 Å². The van der Waals surface area contributed by atoms with E-state index in [-0.39, 0.29) is 0 Å². The maximum Gasteiger partial charge on any atom is 0.243 e. The first-order valence-electron chi connectivity index (χ1n) is 8.98. The quantitative estimate of drug-likeness (QED) is 0.638. The lowest BCUT2D eigenvalue weighted by Gasteiger charge is -2.24. The van der Waals surface area contributed by atoms with E-state index in [0.717, 1.165) is 0 Å². The van der Waals surface area contributed by atoms with Crippen molar-refractivity contribution in [2.24, 2.45) is 0 Å². The predicted octanol–water partition coefficient (Wildman–Crippen LogP) is 3.95. The molecule has 1 fully saturated rings. The minimum Gasteiger partial charge on any atom is -0.497 e. The molecule has 0 N–H and O–H groups in total. The summed E-state index contributed by atoms with van der Waals surface area (Å²) < 4.78 is 36.4. The van der Waals surface area contributed by atoms with Gasteiger partial charge in [0.15, 0.2) is 15.2 Å². The zero-order valence-electron chi connectivity index (χ0n) is 15.7. The normalized spacial score (nSPS) is 17.9. The first-order valence-corrected chi connectivity index (χ1v) is 10.7. The molecule has 0 aliphatic carbocycles. The molecule has 1 aliphatic rings. The molecule has 4 rings (SSSR count). The molecule has 3 aromatic carbocycles. The van der Waals surface area contributed by atoms with Crippen LogP contribution in [-0.4, -0.2) is 27.2 Å². The second-order valence-electron chi connectivity index (χ2n) is 6.61. The van der Waals surface area contributed by atoms with Crippen molar-refractivity contribution in [1.82, 2.24) is 0 Å². The average molecular weight is 409 g/mol. The predicted molar refractivity (Wildman–Crippen MR) is 110 cm³/mol. The van der Waals surface area contributed by atoms with Crippen LogP contribution in [0.1, 0.15) is 10.9 Å². The van der Waals surface area contributed by atoms with Gasteiger partial charge in [0.05, 0.1) is 7.11 Å². The van der Waals surface area contributed by atoms with E-state index in [2.05, 4.69) is 0 Å². The van der Waals surface area contributed by atoms with Crippen molar-refractivity contribution in [2.45, 2.75) is 5.37 Å². The number of nitrogens with zero attached hydrogens (tertiary/aromatic N) is 1. The number of benzene rings is 3. The van der Waals surface area contributed by atoms with Crippen molar-refractivity contribution < 1.29 is 22.7 Å². The molecule has 1 atom stereocenters. The van der Waals surface area contributed by atoms with E-state index in [1.807, 2.05) is 30.3 Å². The summed E-state index contributed by atoms with van der Waals surface area (Å²) in [5, 5.41) is -1.07. The number of hydrogen-bond acceptors (Lipinski definition) is 5. The summed E-state index contributed by atoms with van der Waals surface area (Å²) in [6.45, 7) is 0. The number of carbonyl (C=O) groups is 1. The van der Waals surface area contributed by atoms with Gasteiger partial charge in [-0.15, -0.1) is 0 Å². The summed E-state index contributed by atoms with van der Waals surface area (Å²) in [4.78, 5) is 13.8. The molecule has 0 radical (unpaired) electrons. The first-order chi connectivity index (χ1) is 14.0. The van der Waals surface area contributed by atoms with Gasteiger partial charge in [0.2, 0.25) is 5.91 Å². The summed E-state index contributed by atoms with van der Waals surface area (Å²) in [5.74, 6) is 0.917. The fourth-order valence-corrected chi connectivity index (χ4v) is 5.09. The van der Waals surface area contributed by atoms with E-state index < -0.39 is 26.9 Å². The topological polar surface area (TPSA) is 72.9 Å². The van der Waals surface area contributed by atoms with Gasteiger partial charge in [-0.05, 0) is 54.1 Å². The van der Waals surface area contributed by atoms with Crippen LogP contribution in [0.2, 0.25) is 0 Å². The highest BCUT2D eigenvalue weighted by Gasteiger charge is 2.45. The monoisotopic (exact) mass is 409 g/mol. The molecule has 0 bridgehead atoms. The van der Waals surface area contributed by atoms with Gasteiger partial charge in [-0.1, -0.05) is 30.3 Å². The van der Waals surface area contributed by atoms with Gasteiger partial charge in [0, 0.05) is 5.69 Å². The van der Waals surface area contributed by atoms with Gasteiger partial charge < -0.3 is 9.47 Å². The van der Waals surface area contributed by atoms with Crippen LogP contribution in [0.4, 0.5) is 5.69 Å². The Morgan fingerprint density at radius 1 is 0.828 bits per heavy atom. The summed E-state index contributed by atoms with van der Waals surface area (Å²) in [6.07, 6.45) is 0. The van der Waals surface area contributed by atoms with Gasteiger partial charge >= 0.3 is 0 Å². The Hall–Kier alpha value is -3.32. The number of para-hydroxylation sites is 1. The van der Waals surface area contributed by atoms with Crippen molar-refractivity contribution >= 4 is 21.4 Å². The van der Waals surface area contributed by atoms with Crippen molar-refractivity contribution in [2.75, 3.05) is 17.8 Å². The molecule has 3 aromatic rings. The highest BCUT2D eigenvalue weighted by Crippen LogP contribution is 2.38. The Bertz CT molecular complexity index is 1110. The number of rotatable bonds is 5. The molecule has 7 heteroatoms. The lowest BCUT2D eigenvalue weighted by molar-refractivity contribution is -0.115. The van der Waals surface area contributed by atoms with Crippen LogP contribution in [0, 0.1) is 0 Å². The smallest absolute Gasteiger partial charge is 0.243 e. The molecular weight excluding hydrogens is 390 g/mol. The van der Waals surface area contributed by atoms with Crippen LogP contribution in [0.15, 0.2) is 78.9 Å². The molecule has 0 aromatic heterocycles. The van der Waals surface area contributed by atoms with Crippen LogP contribution in [0.5, 0.6) is 17.2 Å². The van der Waals surface area contributed by atoms with Crippen LogP contribution in [0.25, 0.3) is 0 Å². The Morgan fingerprint density at radius 2 is 1.41 bits per heavy atom. The molecule has 1 heterocycles. The van der Waals surface area contributed by atoms with Gasteiger partial charge in [-0.3, -0.25) is 9.69 Å². The van der Waals surface area contributed by atoms with Crippen LogP contribution >= 0.6 is 0 Å². The fourth-order valence-electron chi connectivity index (χ4n) is 3.32. The third-order valence-electron chi connectivity index (χ3n) is 4.66. The van der Waals surface area contributed by atoms with Gasteiger partial charge in [-0.2, -0.15) is 0 Å². The number of methoxy groups -OCH3 is 1. The summed E-state index contributed by atoms with van der Waals surface area (Å²) in [5.41, 5.74) is 1.01. The van der Waals surface area contributed by atoms with Crippen molar-refractivity contribution in [3.05, 3.63) is 84.4 Å². The highest BCUT2D eigenvalue weighted by molar-refractivity contribution is 7.93. The lowest BCUT2D eigenvalue weighted by Crippen LogP contribution is -2.29. The van der Waals surface area contributed by atoms with E-state index in [4.69, 9.17) is 9.47 Å². The third-order valence-corrected chi connectivity index (χ3v) is 6.48. The Kier molecular flexibility index (Phi) is 4.98. The number of amides is 1. The second-order valence-corrected chi connectivity index (χ2v) is 8.67. The summed E-state index contributed by atoms with van der Waals surface area (Å²) in [7, 11) is -2.13. The minimum atomic E-state index is -3.67. The standard InChI is InChI=1S/C22H19NO5S/c1-27-18-13-9-17(10-14-18)23-21(24)15-29(25,26)22(23)16-7-11-20(12-8-16)28-19-5-3-2-4-6-19/h2-14,22H,15H2,1H3. The number of carbonyl (C=O) groups excluding carboxylic acids is 1. The molecule has 6 nitrogen and oxygen atoms in total. The maximum atomic E-state index is 12.7. The van der Waals surface area contributed by atoms with E-state index in [1.165, 1.54) is 4.90 Å². The molecule has 29 heavy (non-hydrogen) atoms. The number of sulfone groups is 1. The number of anilines is 1. The van der Waals surface area contributed by atoms with E-state index in [1.54, 1.807) is 55.6 Å². The van der Waals surface area contributed by atoms with Gasteiger partial charge in [0.25, 0.3) is 0 Å². The summed E-state index contributed by atoms with van der Waals surface area (Å²) >= 11 is 0. The molecule has 1 unspecified atom stereocenters. The second kappa shape index (κ2) is 7.60. The molecule has 1 saturated heterocycles. The van der Waals surface area contributed by atoms with Gasteiger partial charge in [0.1, 0.15) is 23.0 Å². The van der Waals surface area contributed by atoms with Gasteiger partial charge in [-0.25, -0.2) is 8.42 Å². The summed E-state index contributed by atoms with van der Waals surface area (Å²) in [6, 6.07) is 22.8. The largest absolute Gasteiger partial charge is 0.497 e. The van der Waals surface area contributed by atoms with E-state index in [0.29, 0.717) is 28.5 Å². The Morgan fingerprint density at radius 3 is 2.03 bits per heavy atom. The zero-order valence-corrected chi connectivity index (χ0v) is 16.5. The fraction of sp³-hybridized carbons (Fsp3) is 0.136. The number of hydrogen-bond donors (Lipinski definition) is 0. The van der Waals surface area contributed by atoms with E-state index in [9.17, 15) is 13.2 Å². The first kappa shape index (κ1) is 19.0. The molecular formula is C22H19NO5S. The molecule has 1 aliphatic heterocycles. The number of ether oxygens (including phenoxy) is 2. The SMILES string of the molecule is COc1ccc(N2C(=O)CS(=O)(=O)C2c2ccc(Oc3ccccc3)cc2)cc1. The molecule has 148 valence electrons. The minimum absolute atomic E-state index is 0.454. The van der Waals surface area contributed by atoms with E-state index >= 15 is 0 Å². The highest BCUT2D eigenvalue weighted by atomic mass is 32.2. The third kappa shape index (κ3) is 3.82. The Labute approximate surface area is 169 Å². The molecule has 0 saturated carbocycles. The van der Waals surface area contributed by atoms with Crippen molar-refractivity contribution in [3.8, 4) is 17.2 Å². The zero-order chi connectivity index (χ0) is 20.4. The lowest BCUT2D eigenvalue weighted by atomic mass is 10.1. The Balaban J connectivity index is 1.65. The molecule has 0 spiro atoms. The average Bonchev–Trinajstić information content (AvgIpc) is 2.97.